The molecule has 1 N–H and O–H groups in total. The van der Waals surface area contributed by atoms with E-state index in [4.69, 9.17) is 0 Å². The molecule has 0 aliphatic heterocycles. The van der Waals surface area contributed by atoms with Crippen LogP contribution in [-0.2, 0) is 11.0 Å². The molecule has 0 unspecified atom stereocenters. The third-order valence-electron chi connectivity index (χ3n) is 2.24. The van der Waals surface area contributed by atoms with Gasteiger partial charge in [0, 0.05) is 0 Å². The first-order valence-electron chi connectivity index (χ1n) is 4.87. The van der Waals surface area contributed by atoms with Crippen LogP contribution in [0.2, 0.25) is 0 Å². The van der Waals surface area contributed by atoms with Crippen molar-refractivity contribution in [3.63, 3.8) is 0 Å². The summed E-state index contributed by atoms with van der Waals surface area (Å²) in [5, 5.41) is 0. The lowest BCUT2D eigenvalue weighted by Crippen LogP contribution is -2.48. The molecule has 0 aromatic heterocycles. The molecule has 1 saturated carbocycles. The maximum Gasteiger partial charge on any atom is 0.405 e. The van der Waals surface area contributed by atoms with Crippen LogP contribution in [0, 0.1) is 5.92 Å². The Bertz CT molecular complexity index is 255. The van der Waals surface area contributed by atoms with Crippen LogP contribution < -0.4 is 4.72 Å². The monoisotopic (exact) mass is 243 g/mol. The number of nitrogens with one attached hydrogen (secondary N) is 1. The van der Waals surface area contributed by atoms with Crippen LogP contribution in [0.1, 0.15) is 33.6 Å². The number of rotatable bonds is 3. The van der Waals surface area contributed by atoms with Gasteiger partial charge in [0.15, 0.2) is 0 Å². The largest absolute Gasteiger partial charge is 0.405 e. The van der Waals surface area contributed by atoms with Crippen LogP contribution in [0.4, 0.5) is 13.2 Å². The molecule has 0 aromatic carbocycles. The van der Waals surface area contributed by atoms with Gasteiger partial charge in [0.1, 0.15) is 6.04 Å². The highest BCUT2D eigenvalue weighted by Gasteiger charge is 2.50. The number of alkyl halides is 3. The van der Waals surface area contributed by atoms with Crippen LogP contribution in [0.3, 0.4) is 0 Å². The first-order chi connectivity index (χ1) is 6.62. The quantitative estimate of drug-likeness (QED) is 0.810. The summed E-state index contributed by atoms with van der Waals surface area (Å²) in [5.41, 5.74) is 0. The lowest BCUT2D eigenvalue weighted by molar-refractivity contribution is -0.155. The molecule has 0 saturated heterocycles. The minimum Gasteiger partial charge on any atom is -0.242 e. The second-order valence-electron chi connectivity index (χ2n) is 4.86. The maximum atomic E-state index is 12.6. The molecule has 15 heavy (non-hydrogen) atoms. The Morgan fingerprint density at radius 1 is 1.27 bits per heavy atom. The first kappa shape index (κ1) is 13.0. The van der Waals surface area contributed by atoms with Crippen LogP contribution >= 0.6 is 0 Å². The molecule has 0 heterocycles. The van der Waals surface area contributed by atoms with E-state index in [1.165, 1.54) is 0 Å². The van der Waals surface area contributed by atoms with E-state index in [2.05, 4.69) is 4.72 Å². The van der Waals surface area contributed by atoms with E-state index >= 15 is 0 Å². The van der Waals surface area contributed by atoms with Gasteiger partial charge in [-0.15, -0.1) is 0 Å². The molecule has 0 bridgehead atoms. The molecule has 0 radical (unpaired) electrons. The molecule has 6 heteroatoms. The van der Waals surface area contributed by atoms with Crippen molar-refractivity contribution in [2.45, 2.75) is 50.6 Å². The van der Waals surface area contributed by atoms with Gasteiger partial charge in [-0.3, -0.25) is 0 Å². The predicted octanol–water partition coefficient (Wildman–Crippen LogP) is 2.38. The van der Waals surface area contributed by atoms with Crippen molar-refractivity contribution >= 4 is 11.0 Å². The van der Waals surface area contributed by atoms with Crippen molar-refractivity contribution in [2.75, 3.05) is 0 Å². The van der Waals surface area contributed by atoms with Crippen molar-refractivity contribution < 1.29 is 17.4 Å². The Kier molecular flexibility index (Phi) is 3.50. The Labute approximate surface area is 90.2 Å². The number of hydrogen-bond donors (Lipinski definition) is 1. The Morgan fingerprint density at radius 2 is 1.73 bits per heavy atom. The summed E-state index contributed by atoms with van der Waals surface area (Å²) >= 11 is 0. The molecule has 0 spiro atoms. The zero-order valence-electron chi connectivity index (χ0n) is 9.02. The van der Waals surface area contributed by atoms with Gasteiger partial charge in [-0.2, -0.15) is 13.2 Å². The molecule has 1 aliphatic rings. The van der Waals surface area contributed by atoms with Crippen molar-refractivity contribution in [1.82, 2.24) is 4.72 Å². The fraction of sp³-hybridized carbons (Fsp3) is 1.00. The smallest absolute Gasteiger partial charge is 0.242 e. The van der Waals surface area contributed by atoms with E-state index in [1.807, 2.05) is 0 Å². The lowest BCUT2D eigenvalue weighted by Gasteiger charge is -2.25. The molecular weight excluding hydrogens is 227 g/mol. The van der Waals surface area contributed by atoms with Crippen molar-refractivity contribution in [3.8, 4) is 0 Å². The second-order valence-corrected chi connectivity index (χ2v) is 6.85. The third-order valence-corrected chi connectivity index (χ3v) is 3.82. The summed E-state index contributed by atoms with van der Waals surface area (Å²) < 4.78 is 50.8. The van der Waals surface area contributed by atoms with Crippen molar-refractivity contribution in [1.29, 1.82) is 0 Å². The number of halogens is 3. The van der Waals surface area contributed by atoms with E-state index in [0.717, 1.165) is 0 Å². The zero-order chi connectivity index (χ0) is 11.9. The molecule has 1 aliphatic carbocycles. The topological polar surface area (TPSA) is 29.1 Å². The van der Waals surface area contributed by atoms with Crippen LogP contribution in [0.25, 0.3) is 0 Å². The average molecular weight is 243 g/mol. The van der Waals surface area contributed by atoms with Gasteiger partial charge in [0.2, 0.25) is 0 Å². The van der Waals surface area contributed by atoms with E-state index in [0.29, 0.717) is 12.8 Å². The molecule has 1 fully saturated rings. The van der Waals surface area contributed by atoms with Gasteiger partial charge in [-0.05, 0) is 39.5 Å². The highest BCUT2D eigenvalue weighted by Crippen LogP contribution is 2.40. The van der Waals surface area contributed by atoms with Gasteiger partial charge >= 0.3 is 6.18 Å². The standard InChI is InChI=1S/C9H16F3NOS/c1-8(2,3)15(14)13-7(6-4-5-6)9(10,11)12/h6-7,13H,4-5H2,1-3H3/t7-,15+/m1/s1. The molecule has 1 rings (SSSR count). The Hall–Kier alpha value is -0.100. The maximum absolute atomic E-state index is 12.6. The molecule has 0 amide bonds. The first-order valence-corrected chi connectivity index (χ1v) is 6.02. The summed E-state index contributed by atoms with van der Waals surface area (Å²) in [7, 11) is -1.66. The summed E-state index contributed by atoms with van der Waals surface area (Å²) in [4.78, 5) is 0. The van der Waals surface area contributed by atoms with Gasteiger partial charge in [0.05, 0.1) is 15.7 Å². The second kappa shape index (κ2) is 4.05. The summed E-state index contributed by atoms with van der Waals surface area (Å²) in [5.74, 6) is -0.392. The van der Waals surface area contributed by atoms with Crippen molar-refractivity contribution in [3.05, 3.63) is 0 Å². The number of hydrogen-bond acceptors (Lipinski definition) is 1. The minimum absolute atomic E-state index is 0.392. The van der Waals surface area contributed by atoms with Gasteiger partial charge in [-0.25, -0.2) is 8.93 Å². The van der Waals surface area contributed by atoms with Gasteiger partial charge in [-0.1, -0.05) is 0 Å². The molecule has 2 nitrogen and oxygen atoms in total. The Morgan fingerprint density at radius 3 is 2.00 bits per heavy atom. The van der Waals surface area contributed by atoms with E-state index in [9.17, 15) is 17.4 Å². The van der Waals surface area contributed by atoms with Crippen LogP contribution in [-0.4, -0.2) is 21.2 Å². The summed E-state index contributed by atoms with van der Waals surface area (Å²) in [6.45, 7) is 4.95. The highest BCUT2D eigenvalue weighted by atomic mass is 32.2. The van der Waals surface area contributed by atoms with E-state index in [1.54, 1.807) is 20.8 Å². The normalized spacial score (nSPS) is 22.5. The predicted molar refractivity (Wildman–Crippen MR) is 53.6 cm³/mol. The van der Waals surface area contributed by atoms with Gasteiger partial charge in [0.25, 0.3) is 0 Å². The average Bonchev–Trinajstić information content (AvgIpc) is 2.77. The fourth-order valence-corrected chi connectivity index (χ4v) is 2.06. The molecule has 90 valence electrons. The van der Waals surface area contributed by atoms with Crippen LogP contribution in [0.15, 0.2) is 0 Å². The highest BCUT2D eigenvalue weighted by molar-refractivity contribution is 7.84. The minimum atomic E-state index is -4.30. The molecular formula is C9H16F3NOS. The lowest BCUT2D eigenvalue weighted by atomic mass is 10.2. The van der Waals surface area contributed by atoms with Gasteiger partial charge < -0.3 is 0 Å². The Balaban J connectivity index is 2.64. The summed E-state index contributed by atoms with van der Waals surface area (Å²) in [6, 6.07) is -1.61. The molecule has 0 aromatic rings. The van der Waals surface area contributed by atoms with Crippen LogP contribution in [0.5, 0.6) is 0 Å². The SMILES string of the molecule is CC(C)(C)[S@](=O)N[C@H](C1CC1)C(F)(F)F. The van der Waals surface area contributed by atoms with E-state index in [-0.39, 0.29) is 0 Å². The van der Waals surface area contributed by atoms with E-state index < -0.39 is 33.9 Å². The summed E-state index contributed by atoms with van der Waals surface area (Å²) in [6.07, 6.45) is -3.17. The third kappa shape index (κ3) is 3.75. The molecule has 2 atom stereocenters. The van der Waals surface area contributed by atoms with Crippen molar-refractivity contribution in [2.24, 2.45) is 5.92 Å². The zero-order valence-corrected chi connectivity index (χ0v) is 9.84. The fourth-order valence-electron chi connectivity index (χ4n) is 1.15.